The van der Waals surface area contributed by atoms with Gasteiger partial charge >= 0.3 is 0 Å². The first-order valence-corrected chi connectivity index (χ1v) is 11.5. The lowest BCUT2D eigenvalue weighted by molar-refractivity contribution is -0.118. The van der Waals surface area contributed by atoms with Crippen molar-refractivity contribution in [3.8, 4) is 17.3 Å². The average Bonchev–Trinajstić information content (AvgIpc) is 3.18. The zero-order valence-corrected chi connectivity index (χ0v) is 18.5. The maximum absolute atomic E-state index is 13.1. The first kappa shape index (κ1) is 20.6. The summed E-state index contributed by atoms with van der Waals surface area (Å²) in [5.74, 6) is 0.349. The molecule has 0 atom stereocenters. The van der Waals surface area contributed by atoms with E-state index >= 15 is 0 Å². The highest BCUT2D eigenvalue weighted by molar-refractivity contribution is 7.18. The lowest BCUT2D eigenvalue weighted by Gasteiger charge is -2.13. The molecule has 1 aliphatic carbocycles. The van der Waals surface area contributed by atoms with Gasteiger partial charge in [0.25, 0.3) is 5.91 Å². The summed E-state index contributed by atoms with van der Waals surface area (Å²) in [6.07, 6.45) is 4.32. The van der Waals surface area contributed by atoms with Gasteiger partial charge in [0.05, 0.1) is 5.39 Å². The lowest BCUT2D eigenvalue weighted by Crippen LogP contribution is -2.20. The fourth-order valence-electron chi connectivity index (χ4n) is 3.92. The summed E-state index contributed by atoms with van der Waals surface area (Å²) in [5.41, 5.74) is 3.83. The number of nitrogens with zero attached hydrogens (tertiary/aromatic N) is 2. The number of nitrogens with one attached hydrogen (secondary N) is 1. The third-order valence-corrected chi connectivity index (χ3v) is 6.74. The Bertz CT molecular complexity index is 1280. The van der Waals surface area contributed by atoms with E-state index in [0.29, 0.717) is 17.4 Å². The molecule has 1 aliphatic rings. The third-order valence-electron chi connectivity index (χ3n) is 5.56. The van der Waals surface area contributed by atoms with E-state index in [1.165, 1.54) is 41.1 Å². The molecule has 5 nitrogen and oxygen atoms in total. The van der Waals surface area contributed by atoms with Crippen LogP contribution in [0.1, 0.15) is 28.8 Å². The highest BCUT2D eigenvalue weighted by atomic mass is 32.1. The molecular weight excluding hydrogens is 425 g/mol. The zero-order valence-electron chi connectivity index (χ0n) is 17.7. The molecule has 0 bridgehead atoms. The fraction of sp³-hybridized carbons (Fsp3) is 0.240. The number of aromatic nitrogens is 2. The number of benzene rings is 2. The van der Waals surface area contributed by atoms with Gasteiger partial charge in [-0.3, -0.25) is 4.79 Å². The molecule has 2 aromatic carbocycles. The predicted octanol–water partition coefficient (Wildman–Crippen LogP) is 5.70. The maximum atomic E-state index is 13.1. The van der Waals surface area contributed by atoms with Gasteiger partial charge in [0.15, 0.2) is 12.4 Å². The SMILES string of the molecule is Cc1ccc(-c2nc(OCC(=O)Nc3ccc(F)cc3)c3c4c(sc3n2)CCCC4)cc1. The molecule has 1 N–H and O–H groups in total. The van der Waals surface area contributed by atoms with Crippen LogP contribution in [0, 0.1) is 12.7 Å². The molecule has 7 heteroatoms. The molecule has 2 heterocycles. The van der Waals surface area contributed by atoms with E-state index < -0.39 is 0 Å². The minimum absolute atomic E-state index is 0.193. The van der Waals surface area contributed by atoms with E-state index in [9.17, 15) is 9.18 Å². The van der Waals surface area contributed by atoms with E-state index in [-0.39, 0.29) is 18.3 Å². The summed E-state index contributed by atoms with van der Waals surface area (Å²) in [6, 6.07) is 13.7. The van der Waals surface area contributed by atoms with Gasteiger partial charge in [0.2, 0.25) is 5.88 Å². The lowest BCUT2D eigenvalue weighted by atomic mass is 9.97. The average molecular weight is 448 g/mol. The van der Waals surface area contributed by atoms with Crippen molar-refractivity contribution in [2.45, 2.75) is 32.6 Å². The van der Waals surface area contributed by atoms with Crippen molar-refractivity contribution in [2.24, 2.45) is 0 Å². The van der Waals surface area contributed by atoms with Crippen LogP contribution in [0.5, 0.6) is 5.88 Å². The van der Waals surface area contributed by atoms with Gasteiger partial charge in [0, 0.05) is 16.1 Å². The Labute approximate surface area is 189 Å². The van der Waals surface area contributed by atoms with Gasteiger partial charge in [0.1, 0.15) is 10.6 Å². The first-order chi connectivity index (χ1) is 15.6. The molecule has 0 aliphatic heterocycles. The van der Waals surface area contributed by atoms with Crippen LogP contribution in [0.4, 0.5) is 10.1 Å². The summed E-state index contributed by atoms with van der Waals surface area (Å²) in [6.45, 7) is 1.84. The molecule has 0 saturated carbocycles. The molecule has 5 rings (SSSR count). The van der Waals surface area contributed by atoms with Gasteiger partial charge in [-0.25, -0.2) is 9.37 Å². The van der Waals surface area contributed by atoms with Crippen molar-refractivity contribution < 1.29 is 13.9 Å². The molecule has 2 aromatic heterocycles. The van der Waals surface area contributed by atoms with Crippen LogP contribution in [0.3, 0.4) is 0 Å². The van der Waals surface area contributed by atoms with Crippen LogP contribution < -0.4 is 10.1 Å². The smallest absolute Gasteiger partial charge is 0.262 e. The second-order valence-electron chi connectivity index (χ2n) is 7.95. The summed E-state index contributed by atoms with van der Waals surface area (Å²) in [7, 11) is 0. The molecule has 1 amide bonds. The number of aryl methyl sites for hydroxylation is 3. The highest BCUT2D eigenvalue weighted by Gasteiger charge is 2.23. The number of ether oxygens (including phenoxy) is 1. The van der Waals surface area contributed by atoms with Crippen LogP contribution in [-0.4, -0.2) is 22.5 Å². The molecule has 0 saturated heterocycles. The van der Waals surface area contributed by atoms with Crippen molar-refractivity contribution in [3.63, 3.8) is 0 Å². The Morgan fingerprint density at radius 1 is 1.06 bits per heavy atom. The summed E-state index contributed by atoms with van der Waals surface area (Å²) < 4.78 is 19.1. The van der Waals surface area contributed by atoms with Crippen molar-refractivity contribution >= 4 is 33.1 Å². The fourth-order valence-corrected chi connectivity index (χ4v) is 5.18. The summed E-state index contributed by atoms with van der Waals surface area (Å²) in [5, 5.41) is 3.65. The number of carbonyl (C=O) groups excluding carboxylic acids is 1. The number of amides is 1. The van der Waals surface area contributed by atoms with Gasteiger partial charge in [-0.15, -0.1) is 11.3 Å². The van der Waals surface area contributed by atoms with Crippen LogP contribution in [0.25, 0.3) is 21.6 Å². The van der Waals surface area contributed by atoms with Crippen molar-refractivity contribution in [3.05, 3.63) is 70.4 Å². The number of hydrogen-bond acceptors (Lipinski definition) is 5. The second-order valence-corrected chi connectivity index (χ2v) is 9.04. The van der Waals surface area contributed by atoms with E-state index in [0.717, 1.165) is 40.6 Å². The number of rotatable bonds is 5. The number of carbonyl (C=O) groups is 1. The second kappa shape index (κ2) is 8.67. The Hall–Kier alpha value is -3.32. The normalized spacial score (nSPS) is 13.1. The van der Waals surface area contributed by atoms with Crippen molar-refractivity contribution in [2.75, 3.05) is 11.9 Å². The quantitative estimate of drug-likeness (QED) is 0.426. The molecule has 0 fully saturated rings. The Morgan fingerprint density at radius 2 is 1.81 bits per heavy atom. The largest absolute Gasteiger partial charge is 0.467 e. The number of hydrogen-bond donors (Lipinski definition) is 1. The summed E-state index contributed by atoms with van der Waals surface area (Å²) in [4.78, 5) is 24.2. The minimum atomic E-state index is -0.353. The van der Waals surface area contributed by atoms with Crippen LogP contribution in [0.15, 0.2) is 48.5 Å². The summed E-state index contributed by atoms with van der Waals surface area (Å²) >= 11 is 1.70. The van der Waals surface area contributed by atoms with E-state index in [1.807, 2.05) is 31.2 Å². The Balaban J connectivity index is 1.46. The molecule has 0 spiro atoms. The molecule has 0 unspecified atom stereocenters. The van der Waals surface area contributed by atoms with E-state index in [2.05, 4.69) is 5.32 Å². The van der Waals surface area contributed by atoms with Crippen LogP contribution in [-0.2, 0) is 17.6 Å². The monoisotopic (exact) mass is 447 g/mol. The molecule has 0 radical (unpaired) electrons. The minimum Gasteiger partial charge on any atom is -0.467 e. The highest BCUT2D eigenvalue weighted by Crippen LogP contribution is 2.40. The van der Waals surface area contributed by atoms with E-state index in [4.69, 9.17) is 14.7 Å². The maximum Gasteiger partial charge on any atom is 0.262 e. The number of fused-ring (bicyclic) bond motifs is 3. The van der Waals surface area contributed by atoms with Gasteiger partial charge < -0.3 is 10.1 Å². The number of halogens is 1. The Morgan fingerprint density at radius 3 is 2.59 bits per heavy atom. The van der Waals surface area contributed by atoms with Crippen LogP contribution in [0.2, 0.25) is 0 Å². The molecule has 162 valence electrons. The number of anilines is 1. The molecule has 32 heavy (non-hydrogen) atoms. The van der Waals surface area contributed by atoms with E-state index in [1.54, 1.807) is 11.3 Å². The zero-order chi connectivity index (χ0) is 22.1. The third kappa shape index (κ3) is 4.21. The number of thiophene rings is 1. The first-order valence-electron chi connectivity index (χ1n) is 10.6. The Kier molecular flexibility index (Phi) is 5.57. The molecule has 4 aromatic rings. The topological polar surface area (TPSA) is 64.1 Å². The van der Waals surface area contributed by atoms with Gasteiger partial charge in [-0.2, -0.15) is 4.98 Å². The standard InChI is InChI=1S/C25H22FN3O2S/c1-15-6-8-16(9-7-15)23-28-24(22-19-4-2-3-5-20(19)32-25(22)29-23)31-14-21(30)27-18-12-10-17(26)11-13-18/h6-13H,2-5,14H2,1H3,(H,27,30). The van der Waals surface area contributed by atoms with Crippen molar-refractivity contribution in [1.29, 1.82) is 0 Å². The molecular formula is C25H22FN3O2S. The van der Waals surface area contributed by atoms with Crippen LogP contribution >= 0.6 is 11.3 Å². The van der Waals surface area contributed by atoms with Gasteiger partial charge in [-0.05, 0) is 62.4 Å². The van der Waals surface area contributed by atoms with Crippen molar-refractivity contribution in [1.82, 2.24) is 9.97 Å². The predicted molar refractivity (Wildman–Crippen MR) is 125 cm³/mol. The van der Waals surface area contributed by atoms with Gasteiger partial charge in [-0.1, -0.05) is 29.8 Å².